The van der Waals surface area contributed by atoms with Crippen LogP contribution in [0.15, 0.2) is 0 Å². The molecule has 0 fully saturated rings. The maximum absolute atomic E-state index is 11.7. The molecule has 0 aromatic heterocycles. The van der Waals surface area contributed by atoms with Crippen molar-refractivity contribution in [3.63, 3.8) is 0 Å². The smallest absolute Gasteiger partial charge is 0.404 e. The fourth-order valence-electron chi connectivity index (χ4n) is 0.454. The van der Waals surface area contributed by atoms with E-state index < -0.39 is 24.7 Å². The Morgan fingerprint density at radius 1 is 1.64 bits per heavy atom. The van der Waals surface area contributed by atoms with E-state index in [4.69, 9.17) is 5.11 Å². The monoisotopic (exact) mass is 172 g/mol. The fraction of sp³-hybridized carbons (Fsp3) is 0.800. The van der Waals surface area contributed by atoms with Crippen molar-refractivity contribution in [3.05, 3.63) is 0 Å². The van der Waals surface area contributed by atoms with Gasteiger partial charge in [0.1, 0.15) is 0 Å². The molecule has 0 bridgehead atoms. The predicted molar refractivity (Wildman–Crippen MR) is 28.6 cm³/mol. The first-order valence-corrected chi connectivity index (χ1v) is 2.69. The number of methoxy groups -OCH3 is 1. The van der Waals surface area contributed by atoms with Gasteiger partial charge < -0.3 is 9.84 Å². The van der Waals surface area contributed by atoms with Gasteiger partial charge in [0, 0.05) is 0 Å². The van der Waals surface area contributed by atoms with Gasteiger partial charge in [0.15, 0.2) is 5.92 Å². The molecular formula is C5H7F3O3. The third-order valence-corrected chi connectivity index (χ3v) is 1.06. The molecule has 3 nitrogen and oxygen atoms in total. The van der Waals surface area contributed by atoms with Crippen LogP contribution < -0.4 is 0 Å². The zero-order valence-corrected chi connectivity index (χ0v) is 5.68. The van der Waals surface area contributed by atoms with Crippen molar-refractivity contribution < 1.29 is 27.8 Å². The van der Waals surface area contributed by atoms with Gasteiger partial charge in [-0.05, 0) is 0 Å². The number of hydrogen-bond acceptors (Lipinski definition) is 3. The second kappa shape index (κ2) is 3.56. The van der Waals surface area contributed by atoms with Crippen molar-refractivity contribution in [1.29, 1.82) is 0 Å². The van der Waals surface area contributed by atoms with Crippen molar-refractivity contribution >= 4 is 5.97 Å². The Bertz CT molecular complexity index is 142. The van der Waals surface area contributed by atoms with E-state index in [9.17, 15) is 18.0 Å². The van der Waals surface area contributed by atoms with E-state index in [2.05, 4.69) is 4.74 Å². The molecule has 0 heterocycles. The Labute approximate surface area is 60.8 Å². The highest BCUT2D eigenvalue weighted by Crippen LogP contribution is 2.26. The van der Waals surface area contributed by atoms with E-state index in [1.165, 1.54) is 0 Å². The number of halogens is 3. The molecule has 1 N–H and O–H groups in total. The zero-order chi connectivity index (χ0) is 9.07. The number of carbonyl (C=O) groups excluding carboxylic acids is 1. The topological polar surface area (TPSA) is 46.5 Å². The summed E-state index contributed by atoms with van der Waals surface area (Å²) in [6.07, 6.45) is -4.73. The van der Waals surface area contributed by atoms with Crippen molar-refractivity contribution in [2.24, 2.45) is 5.92 Å². The summed E-state index contributed by atoms with van der Waals surface area (Å²) in [7, 11) is 0.830. The van der Waals surface area contributed by atoms with E-state index in [0.29, 0.717) is 0 Å². The highest BCUT2D eigenvalue weighted by Gasteiger charge is 2.45. The summed E-state index contributed by atoms with van der Waals surface area (Å²) < 4.78 is 38.9. The molecular weight excluding hydrogens is 165 g/mol. The van der Waals surface area contributed by atoms with Gasteiger partial charge in [-0.3, -0.25) is 4.79 Å². The van der Waals surface area contributed by atoms with Crippen LogP contribution in [0.2, 0.25) is 0 Å². The molecule has 0 rings (SSSR count). The average Bonchev–Trinajstić information content (AvgIpc) is 1.86. The summed E-state index contributed by atoms with van der Waals surface area (Å²) in [4.78, 5) is 10.3. The maximum Gasteiger partial charge on any atom is 0.404 e. The van der Waals surface area contributed by atoms with Gasteiger partial charge in [-0.15, -0.1) is 0 Å². The lowest BCUT2D eigenvalue weighted by Gasteiger charge is -2.14. The average molecular weight is 172 g/mol. The van der Waals surface area contributed by atoms with Gasteiger partial charge in [-0.1, -0.05) is 0 Å². The lowest BCUT2D eigenvalue weighted by Crippen LogP contribution is -2.34. The number of carbonyl (C=O) groups is 1. The molecule has 0 unspecified atom stereocenters. The van der Waals surface area contributed by atoms with Gasteiger partial charge in [0.25, 0.3) is 0 Å². The lowest BCUT2D eigenvalue weighted by atomic mass is 10.1. The minimum Gasteiger partial charge on any atom is -0.468 e. The quantitative estimate of drug-likeness (QED) is 0.610. The molecule has 0 aliphatic rings. The highest BCUT2D eigenvalue weighted by atomic mass is 19.4. The number of aliphatic hydroxyl groups is 1. The highest BCUT2D eigenvalue weighted by molar-refractivity contribution is 5.73. The molecule has 0 saturated heterocycles. The first kappa shape index (κ1) is 10.2. The summed E-state index contributed by atoms with van der Waals surface area (Å²) in [5.74, 6) is -3.90. The maximum atomic E-state index is 11.7. The first-order chi connectivity index (χ1) is 4.93. The van der Waals surface area contributed by atoms with E-state index in [-0.39, 0.29) is 0 Å². The predicted octanol–water partition coefficient (Wildman–Crippen LogP) is 0.330. The third-order valence-electron chi connectivity index (χ3n) is 1.06. The number of hydrogen-bond donors (Lipinski definition) is 1. The summed E-state index contributed by atoms with van der Waals surface area (Å²) >= 11 is 0. The molecule has 0 radical (unpaired) electrons. The second-order valence-electron chi connectivity index (χ2n) is 1.80. The molecule has 1 atom stereocenters. The Morgan fingerprint density at radius 3 is 2.18 bits per heavy atom. The van der Waals surface area contributed by atoms with Crippen LogP contribution in [0.4, 0.5) is 13.2 Å². The van der Waals surface area contributed by atoms with Crippen LogP contribution in [0.5, 0.6) is 0 Å². The molecule has 0 aliphatic heterocycles. The number of rotatable bonds is 2. The minimum atomic E-state index is -4.73. The van der Waals surface area contributed by atoms with E-state index >= 15 is 0 Å². The Kier molecular flexibility index (Phi) is 3.31. The van der Waals surface area contributed by atoms with E-state index in [0.717, 1.165) is 7.11 Å². The summed E-state index contributed by atoms with van der Waals surface area (Å²) in [6, 6.07) is 0. The van der Waals surface area contributed by atoms with Gasteiger partial charge >= 0.3 is 12.1 Å². The number of aliphatic hydroxyl groups excluding tert-OH is 1. The lowest BCUT2D eigenvalue weighted by molar-refractivity contribution is -0.201. The van der Waals surface area contributed by atoms with Gasteiger partial charge in [0.05, 0.1) is 13.7 Å². The van der Waals surface area contributed by atoms with Gasteiger partial charge in [0.2, 0.25) is 0 Å². The normalized spacial score (nSPS) is 14.3. The fourth-order valence-corrected chi connectivity index (χ4v) is 0.454. The van der Waals surface area contributed by atoms with Gasteiger partial charge in [-0.25, -0.2) is 0 Å². The molecule has 0 aromatic carbocycles. The van der Waals surface area contributed by atoms with Crippen LogP contribution in [0.25, 0.3) is 0 Å². The molecule has 0 spiro atoms. The summed E-state index contributed by atoms with van der Waals surface area (Å²) in [5.41, 5.74) is 0. The third kappa shape index (κ3) is 2.75. The summed E-state index contributed by atoms with van der Waals surface area (Å²) in [5, 5.41) is 8.14. The van der Waals surface area contributed by atoms with Crippen molar-refractivity contribution in [1.82, 2.24) is 0 Å². The molecule has 0 aliphatic carbocycles. The first-order valence-electron chi connectivity index (χ1n) is 2.69. The SMILES string of the molecule is COC(=O)[C@H](CO)C(F)(F)F. The number of ether oxygens (including phenoxy) is 1. The molecule has 11 heavy (non-hydrogen) atoms. The second-order valence-corrected chi connectivity index (χ2v) is 1.80. The van der Waals surface area contributed by atoms with E-state index in [1.807, 2.05) is 0 Å². The number of esters is 1. The van der Waals surface area contributed by atoms with Crippen LogP contribution >= 0.6 is 0 Å². The van der Waals surface area contributed by atoms with Crippen LogP contribution in [0.3, 0.4) is 0 Å². The van der Waals surface area contributed by atoms with Crippen molar-refractivity contribution in [3.8, 4) is 0 Å². The molecule has 66 valence electrons. The molecule has 0 saturated carbocycles. The Morgan fingerprint density at radius 2 is 2.09 bits per heavy atom. The van der Waals surface area contributed by atoms with Crippen LogP contribution in [-0.4, -0.2) is 31.0 Å². The Hall–Kier alpha value is -0.780. The van der Waals surface area contributed by atoms with Gasteiger partial charge in [-0.2, -0.15) is 13.2 Å². The molecule has 0 aromatic rings. The molecule has 6 heteroatoms. The van der Waals surface area contributed by atoms with Crippen LogP contribution in [0.1, 0.15) is 0 Å². The Balaban J connectivity index is 4.29. The standard InChI is InChI=1S/C5H7F3O3/c1-11-4(10)3(2-9)5(6,7)8/h3,9H,2H2,1H3/t3-/m0/s1. The summed E-state index contributed by atoms with van der Waals surface area (Å²) in [6.45, 7) is -1.28. The van der Waals surface area contributed by atoms with E-state index in [1.54, 1.807) is 0 Å². The van der Waals surface area contributed by atoms with Crippen molar-refractivity contribution in [2.75, 3.05) is 13.7 Å². The number of alkyl halides is 3. The van der Waals surface area contributed by atoms with Crippen LogP contribution in [0, 0.1) is 5.92 Å². The minimum absolute atomic E-state index is 0.830. The van der Waals surface area contributed by atoms with Crippen LogP contribution in [-0.2, 0) is 9.53 Å². The molecule has 0 amide bonds. The zero-order valence-electron chi connectivity index (χ0n) is 5.68. The largest absolute Gasteiger partial charge is 0.468 e. The van der Waals surface area contributed by atoms with Crippen molar-refractivity contribution in [2.45, 2.75) is 6.18 Å².